The van der Waals surface area contributed by atoms with E-state index < -0.39 is 0 Å². The minimum Gasteiger partial charge on any atom is -0.454 e. The number of benzene rings is 1. The van der Waals surface area contributed by atoms with Gasteiger partial charge in [0.15, 0.2) is 16.6 Å². The number of ether oxygens (including phenoxy) is 2. The average Bonchev–Trinajstić information content (AvgIpc) is 3.20. The molecule has 0 saturated heterocycles. The Morgan fingerprint density at radius 2 is 2.08 bits per heavy atom. The molecule has 132 valence electrons. The highest BCUT2D eigenvalue weighted by Gasteiger charge is 2.15. The largest absolute Gasteiger partial charge is 0.454 e. The zero-order valence-corrected chi connectivity index (χ0v) is 14.8. The number of fused-ring (bicyclic) bond motifs is 1. The van der Waals surface area contributed by atoms with Crippen LogP contribution in [0.4, 0.5) is 5.13 Å². The molecule has 1 aromatic carbocycles. The van der Waals surface area contributed by atoms with Crippen LogP contribution in [0.25, 0.3) is 0 Å². The molecule has 1 aromatic heterocycles. The summed E-state index contributed by atoms with van der Waals surface area (Å²) in [5.41, 5.74) is 1.18. The van der Waals surface area contributed by atoms with Crippen LogP contribution in [0.1, 0.15) is 36.3 Å². The third-order valence-corrected chi connectivity index (χ3v) is 4.22. The summed E-state index contributed by atoms with van der Waals surface area (Å²) in [7, 11) is 0. The second-order valence-corrected chi connectivity index (χ2v) is 6.91. The quantitative estimate of drug-likeness (QED) is 0.826. The van der Waals surface area contributed by atoms with Crippen LogP contribution in [-0.2, 0) is 11.3 Å². The molecule has 0 spiro atoms. The van der Waals surface area contributed by atoms with E-state index in [4.69, 9.17) is 9.47 Å². The maximum atomic E-state index is 12.2. The number of carbonyl (C=O) groups excluding carboxylic acids is 2. The summed E-state index contributed by atoms with van der Waals surface area (Å²) in [6.07, 6.45) is 0.422. The smallest absolute Gasteiger partial charge is 0.271 e. The predicted molar refractivity (Wildman–Crippen MR) is 93.9 cm³/mol. The average molecular weight is 361 g/mol. The van der Waals surface area contributed by atoms with Gasteiger partial charge in [0.2, 0.25) is 12.7 Å². The van der Waals surface area contributed by atoms with Gasteiger partial charge in [-0.25, -0.2) is 4.98 Å². The summed E-state index contributed by atoms with van der Waals surface area (Å²) in [5, 5.41) is 7.56. The highest BCUT2D eigenvalue weighted by Crippen LogP contribution is 2.32. The topological polar surface area (TPSA) is 89.6 Å². The van der Waals surface area contributed by atoms with E-state index in [2.05, 4.69) is 15.6 Å². The molecule has 0 aliphatic carbocycles. The number of nitrogens with zero attached hydrogens (tertiary/aromatic N) is 1. The van der Waals surface area contributed by atoms with E-state index >= 15 is 0 Å². The fraction of sp³-hybridized carbons (Fsp3) is 0.353. The van der Waals surface area contributed by atoms with Crippen molar-refractivity contribution in [3.63, 3.8) is 0 Å². The molecule has 1 aliphatic rings. The lowest BCUT2D eigenvalue weighted by atomic mass is 10.1. The first-order chi connectivity index (χ1) is 12.0. The van der Waals surface area contributed by atoms with E-state index in [9.17, 15) is 9.59 Å². The molecule has 2 heterocycles. The first-order valence-corrected chi connectivity index (χ1v) is 8.81. The Morgan fingerprint density at radius 3 is 2.88 bits per heavy atom. The van der Waals surface area contributed by atoms with Gasteiger partial charge in [-0.1, -0.05) is 19.9 Å². The van der Waals surface area contributed by atoms with Gasteiger partial charge < -0.3 is 20.1 Å². The van der Waals surface area contributed by atoms with Crippen LogP contribution in [-0.4, -0.2) is 23.6 Å². The molecular weight excluding hydrogens is 342 g/mol. The van der Waals surface area contributed by atoms with Crippen molar-refractivity contribution in [3.8, 4) is 11.5 Å². The lowest BCUT2D eigenvalue weighted by molar-refractivity contribution is -0.116. The van der Waals surface area contributed by atoms with E-state index in [0.717, 1.165) is 5.56 Å². The summed E-state index contributed by atoms with van der Waals surface area (Å²) in [6.45, 7) is 4.50. The Balaban J connectivity index is 1.54. The molecule has 7 nitrogen and oxygen atoms in total. The van der Waals surface area contributed by atoms with Crippen LogP contribution in [0.2, 0.25) is 0 Å². The fourth-order valence-corrected chi connectivity index (χ4v) is 3.01. The zero-order valence-electron chi connectivity index (χ0n) is 14.0. The molecule has 0 unspecified atom stereocenters. The second-order valence-electron chi connectivity index (χ2n) is 6.05. The number of hydrogen-bond donors (Lipinski definition) is 2. The number of anilines is 1. The van der Waals surface area contributed by atoms with Crippen molar-refractivity contribution < 1.29 is 19.1 Å². The van der Waals surface area contributed by atoms with Crippen LogP contribution in [0.15, 0.2) is 23.6 Å². The van der Waals surface area contributed by atoms with Crippen molar-refractivity contribution in [3.05, 3.63) is 34.8 Å². The normalized spacial score (nSPS) is 12.3. The van der Waals surface area contributed by atoms with Crippen molar-refractivity contribution in [2.75, 3.05) is 12.1 Å². The summed E-state index contributed by atoms with van der Waals surface area (Å²) in [6, 6.07) is 5.52. The first-order valence-electron chi connectivity index (χ1n) is 7.93. The van der Waals surface area contributed by atoms with E-state index in [-0.39, 0.29) is 30.2 Å². The molecule has 0 saturated carbocycles. The molecule has 0 bridgehead atoms. The first kappa shape index (κ1) is 17.2. The standard InChI is InChI=1S/C17H19N3O4S/c1-10(2)5-15(21)20-17-19-12(8-25-17)16(22)18-7-11-3-4-13-14(6-11)24-9-23-13/h3-4,6,8,10H,5,7,9H2,1-2H3,(H,18,22)(H,19,20,21). The molecular formula is C17H19N3O4S. The molecule has 1 aliphatic heterocycles. The fourth-order valence-electron chi connectivity index (χ4n) is 2.30. The zero-order chi connectivity index (χ0) is 17.8. The Bertz CT molecular complexity index is 788. The van der Waals surface area contributed by atoms with Crippen molar-refractivity contribution in [1.29, 1.82) is 0 Å². The van der Waals surface area contributed by atoms with Gasteiger partial charge in [0, 0.05) is 18.3 Å². The van der Waals surface area contributed by atoms with E-state index in [1.807, 2.05) is 32.0 Å². The Morgan fingerprint density at radius 1 is 1.28 bits per heavy atom. The SMILES string of the molecule is CC(C)CC(=O)Nc1nc(C(=O)NCc2ccc3c(c2)OCO3)cs1. The Labute approximate surface area is 149 Å². The Hall–Kier alpha value is -2.61. The van der Waals surface area contributed by atoms with Gasteiger partial charge in [-0.05, 0) is 23.6 Å². The molecule has 2 N–H and O–H groups in total. The van der Waals surface area contributed by atoms with Crippen LogP contribution < -0.4 is 20.1 Å². The number of nitrogens with one attached hydrogen (secondary N) is 2. The summed E-state index contributed by atoms with van der Waals surface area (Å²) < 4.78 is 10.6. The van der Waals surface area contributed by atoms with Crippen LogP contribution >= 0.6 is 11.3 Å². The van der Waals surface area contributed by atoms with Crippen LogP contribution in [0, 0.1) is 5.92 Å². The number of aromatic nitrogens is 1. The summed E-state index contributed by atoms with van der Waals surface area (Å²) >= 11 is 1.23. The van der Waals surface area contributed by atoms with Crippen molar-refractivity contribution in [1.82, 2.24) is 10.3 Å². The lowest BCUT2D eigenvalue weighted by Gasteiger charge is -2.05. The number of thiazole rings is 1. The number of carbonyl (C=O) groups is 2. The summed E-state index contributed by atoms with van der Waals surface area (Å²) in [4.78, 5) is 28.1. The molecule has 2 aromatic rings. The van der Waals surface area contributed by atoms with Crippen LogP contribution in [0.3, 0.4) is 0 Å². The second kappa shape index (κ2) is 7.52. The minimum absolute atomic E-state index is 0.100. The number of rotatable bonds is 6. The maximum Gasteiger partial charge on any atom is 0.271 e. The van der Waals surface area contributed by atoms with Crippen LogP contribution in [0.5, 0.6) is 11.5 Å². The van der Waals surface area contributed by atoms with Gasteiger partial charge in [-0.2, -0.15) is 0 Å². The number of amides is 2. The monoisotopic (exact) mass is 361 g/mol. The van der Waals surface area contributed by atoms with Gasteiger partial charge in [0.25, 0.3) is 5.91 Å². The van der Waals surface area contributed by atoms with Gasteiger partial charge in [0.05, 0.1) is 0 Å². The highest BCUT2D eigenvalue weighted by molar-refractivity contribution is 7.14. The molecule has 3 rings (SSSR count). The predicted octanol–water partition coefficient (Wildman–Crippen LogP) is 2.79. The Kier molecular flexibility index (Phi) is 5.18. The minimum atomic E-state index is -0.293. The van der Waals surface area contributed by atoms with E-state index in [0.29, 0.717) is 29.6 Å². The van der Waals surface area contributed by atoms with Crippen molar-refractivity contribution in [2.45, 2.75) is 26.8 Å². The third-order valence-electron chi connectivity index (χ3n) is 3.47. The third kappa shape index (κ3) is 4.48. The van der Waals surface area contributed by atoms with Crippen molar-refractivity contribution in [2.24, 2.45) is 5.92 Å². The van der Waals surface area contributed by atoms with E-state index in [1.54, 1.807) is 5.38 Å². The molecule has 8 heteroatoms. The number of hydrogen-bond acceptors (Lipinski definition) is 6. The molecule has 0 fully saturated rings. The molecule has 0 atom stereocenters. The van der Waals surface area contributed by atoms with Gasteiger partial charge >= 0.3 is 0 Å². The van der Waals surface area contributed by atoms with Crippen molar-refractivity contribution >= 4 is 28.3 Å². The lowest BCUT2D eigenvalue weighted by Crippen LogP contribution is -2.23. The van der Waals surface area contributed by atoms with E-state index in [1.165, 1.54) is 11.3 Å². The molecule has 2 amide bonds. The molecule has 0 radical (unpaired) electrons. The van der Waals surface area contributed by atoms with Gasteiger partial charge in [-0.15, -0.1) is 11.3 Å². The highest BCUT2D eigenvalue weighted by atomic mass is 32.1. The van der Waals surface area contributed by atoms with Gasteiger partial charge in [-0.3, -0.25) is 9.59 Å². The van der Waals surface area contributed by atoms with Gasteiger partial charge in [0.1, 0.15) is 5.69 Å². The molecule has 25 heavy (non-hydrogen) atoms. The summed E-state index contributed by atoms with van der Waals surface area (Å²) in [5.74, 6) is 1.26. The maximum absolute atomic E-state index is 12.2.